The van der Waals surface area contributed by atoms with E-state index in [-0.39, 0.29) is 0 Å². The maximum absolute atomic E-state index is 10.8. The highest BCUT2D eigenvalue weighted by molar-refractivity contribution is 5.80. The Morgan fingerprint density at radius 2 is 2.08 bits per heavy atom. The van der Waals surface area contributed by atoms with Crippen LogP contribution in [0.2, 0.25) is 0 Å². The molecule has 1 saturated heterocycles. The molecule has 0 spiro atoms. The Morgan fingerprint density at radius 3 is 2.54 bits per heavy atom. The predicted molar refractivity (Wildman–Crippen MR) is 46.5 cm³/mol. The molecule has 0 saturated carbocycles. The molecule has 1 aliphatic rings. The van der Waals surface area contributed by atoms with Crippen LogP contribution < -0.4 is 0 Å². The highest BCUT2D eigenvalue weighted by Gasteiger charge is 2.52. The van der Waals surface area contributed by atoms with Gasteiger partial charge in [0.15, 0.2) is 5.60 Å². The van der Waals surface area contributed by atoms with Gasteiger partial charge < -0.3 is 9.84 Å². The molecule has 0 radical (unpaired) electrons. The second-order valence-corrected chi connectivity index (χ2v) is 3.25. The molecule has 0 aliphatic carbocycles. The van der Waals surface area contributed by atoms with Crippen molar-refractivity contribution in [1.29, 1.82) is 0 Å². The van der Waals surface area contributed by atoms with Gasteiger partial charge in [-0.05, 0) is 5.56 Å². The fourth-order valence-electron chi connectivity index (χ4n) is 1.31. The van der Waals surface area contributed by atoms with Gasteiger partial charge in [-0.2, -0.15) is 0 Å². The molecule has 1 aliphatic heterocycles. The molecule has 1 heterocycles. The van der Waals surface area contributed by atoms with Gasteiger partial charge in [0.25, 0.3) is 0 Å². The highest BCUT2D eigenvalue weighted by Crippen LogP contribution is 2.31. The van der Waals surface area contributed by atoms with Crippen molar-refractivity contribution in [2.75, 3.05) is 6.61 Å². The zero-order valence-corrected chi connectivity index (χ0v) is 7.06. The predicted octanol–water partition coefficient (Wildman–Crippen LogP) is 1.08. The van der Waals surface area contributed by atoms with Crippen molar-refractivity contribution >= 4 is 5.97 Å². The minimum atomic E-state index is -0.929. The topological polar surface area (TPSA) is 49.8 Å². The standard InChI is InChI=1S/C10H10O3/c11-9(12)10(7-13-10)6-8-4-2-1-3-5-8/h1-5H,6-7H2,(H,11,12). The van der Waals surface area contributed by atoms with Crippen molar-refractivity contribution in [3.05, 3.63) is 35.9 Å². The van der Waals surface area contributed by atoms with E-state index in [1.807, 2.05) is 30.3 Å². The summed E-state index contributed by atoms with van der Waals surface area (Å²) >= 11 is 0. The summed E-state index contributed by atoms with van der Waals surface area (Å²) in [5.41, 5.74) is 0.0730. The van der Waals surface area contributed by atoms with Crippen molar-refractivity contribution in [3.8, 4) is 0 Å². The molecular weight excluding hydrogens is 168 g/mol. The van der Waals surface area contributed by atoms with Crippen LogP contribution >= 0.6 is 0 Å². The van der Waals surface area contributed by atoms with E-state index in [1.165, 1.54) is 0 Å². The maximum Gasteiger partial charge on any atom is 0.338 e. The maximum atomic E-state index is 10.8. The van der Waals surface area contributed by atoms with Crippen LogP contribution in [0.25, 0.3) is 0 Å². The quantitative estimate of drug-likeness (QED) is 0.704. The second-order valence-electron chi connectivity index (χ2n) is 3.25. The minimum Gasteiger partial charge on any atom is -0.479 e. The van der Waals surface area contributed by atoms with Gasteiger partial charge in [0.05, 0.1) is 6.61 Å². The number of rotatable bonds is 3. The van der Waals surface area contributed by atoms with Crippen LogP contribution in [0.3, 0.4) is 0 Å². The van der Waals surface area contributed by atoms with E-state index in [0.29, 0.717) is 13.0 Å². The zero-order chi connectivity index (χ0) is 9.31. The Labute approximate surface area is 76.0 Å². The molecule has 1 atom stereocenters. The number of hydrogen-bond donors (Lipinski definition) is 1. The summed E-state index contributed by atoms with van der Waals surface area (Å²) in [6.07, 6.45) is 0.461. The Hall–Kier alpha value is -1.35. The Bertz CT molecular complexity index is 314. The molecule has 1 N–H and O–H groups in total. The number of benzene rings is 1. The fourth-order valence-corrected chi connectivity index (χ4v) is 1.31. The molecule has 3 nitrogen and oxygen atoms in total. The third kappa shape index (κ3) is 1.55. The lowest BCUT2D eigenvalue weighted by atomic mass is 10.0. The number of ether oxygens (including phenoxy) is 1. The summed E-state index contributed by atoms with van der Waals surface area (Å²) in [7, 11) is 0. The van der Waals surface area contributed by atoms with Crippen molar-refractivity contribution in [1.82, 2.24) is 0 Å². The first kappa shape index (κ1) is 8.26. The number of carbonyl (C=O) groups is 1. The van der Waals surface area contributed by atoms with Crippen LogP contribution in [-0.4, -0.2) is 23.3 Å². The van der Waals surface area contributed by atoms with Crippen LogP contribution in [0.5, 0.6) is 0 Å². The third-order valence-corrected chi connectivity index (χ3v) is 2.22. The lowest BCUT2D eigenvalue weighted by molar-refractivity contribution is -0.143. The van der Waals surface area contributed by atoms with Gasteiger partial charge in [0.1, 0.15) is 0 Å². The van der Waals surface area contributed by atoms with Crippen LogP contribution in [-0.2, 0) is 16.0 Å². The molecule has 1 aromatic carbocycles. The summed E-state index contributed by atoms with van der Waals surface area (Å²) in [6, 6.07) is 9.52. The molecule has 2 rings (SSSR count). The Kier molecular flexibility index (Phi) is 1.81. The average molecular weight is 178 g/mol. The molecular formula is C10H10O3. The van der Waals surface area contributed by atoms with E-state index >= 15 is 0 Å². The number of carboxylic acids is 1. The lowest BCUT2D eigenvalue weighted by Crippen LogP contribution is -2.26. The van der Waals surface area contributed by atoms with E-state index in [1.54, 1.807) is 0 Å². The van der Waals surface area contributed by atoms with Gasteiger partial charge >= 0.3 is 5.97 Å². The van der Waals surface area contributed by atoms with Crippen LogP contribution in [0.15, 0.2) is 30.3 Å². The Morgan fingerprint density at radius 1 is 1.46 bits per heavy atom. The summed E-state index contributed by atoms with van der Waals surface area (Å²) in [5, 5.41) is 8.84. The van der Waals surface area contributed by atoms with Gasteiger partial charge in [-0.3, -0.25) is 0 Å². The summed E-state index contributed by atoms with van der Waals surface area (Å²) in [6.45, 7) is 0.331. The van der Waals surface area contributed by atoms with Crippen molar-refractivity contribution in [3.63, 3.8) is 0 Å². The first-order valence-electron chi connectivity index (χ1n) is 4.14. The van der Waals surface area contributed by atoms with Crippen molar-refractivity contribution in [2.24, 2.45) is 0 Å². The van der Waals surface area contributed by atoms with E-state index in [9.17, 15) is 4.79 Å². The van der Waals surface area contributed by atoms with E-state index in [0.717, 1.165) is 5.56 Å². The Balaban J connectivity index is 2.11. The summed E-state index contributed by atoms with van der Waals surface area (Å²) in [5.74, 6) is -0.864. The molecule has 3 heteroatoms. The van der Waals surface area contributed by atoms with Crippen LogP contribution in [0.4, 0.5) is 0 Å². The normalized spacial score (nSPS) is 25.5. The molecule has 0 bridgehead atoms. The zero-order valence-electron chi connectivity index (χ0n) is 7.06. The molecule has 1 unspecified atom stereocenters. The molecule has 1 fully saturated rings. The number of carboxylic acid groups (broad SMARTS) is 1. The molecule has 0 aromatic heterocycles. The number of aliphatic carboxylic acids is 1. The van der Waals surface area contributed by atoms with E-state index < -0.39 is 11.6 Å². The van der Waals surface area contributed by atoms with Crippen LogP contribution in [0, 0.1) is 0 Å². The van der Waals surface area contributed by atoms with Gasteiger partial charge in [0, 0.05) is 6.42 Å². The van der Waals surface area contributed by atoms with E-state index in [4.69, 9.17) is 9.84 Å². The summed E-state index contributed by atoms with van der Waals surface area (Å²) < 4.78 is 4.96. The fraction of sp³-hybridized carbons (Fsp3) is 0.300. The number of hydrogen-bond acceptors (Lipinski definition) is 2. The van der Waals surface area contributed by atoms with Gasteiger partial charge in [-0.25, -0.2) is 4.79 Å². The number of epoxide rings is 1. The lowest BCUT2D eigenvalue weighted by Gasteiger charge is -2.05. The van der Waals surface area contributed by atoms with Crippen LogP contribution in [0.1, 0.15) is 5.56 Å². The minimum absolute atomic E-state index is 0.331. The van der Waals surface area contributed by atoms with Crippen molar-refractivity contribution < 1.29 is 14.6 Å². The highest BCUT2D eigenvalue weighted by atomic mass is 16.6. The monoisotopic (exact) mass is 178 g/mol. The third-order valence-electron chi connectivity index (χ3n) is 2.22. The molecule has 1 aromatic rings. The first-order chi connectivity index (χ1) is 6.23. The van der Waals surface area contributed by atoms with E-state index in [2.05, 4.69) is 0 Å². The average Bonchev–Trinajstić information content (AvgIpc) is 2.87. The summed E-state index contributed by atoms with van der Waals surface area (Å²) in [4.78, 5) is 10.8. The first-order valence-corrected chi connectivity index (χ1v) is 4.14. The molecule has 0 amide bonds. The SMILES string of the molecule is O=C(O)C1(Cc2ccccc2)CO1. The second kappa shape index (κ2) is 2.85. The molecule has 68 valence electrons. The largest absolute Gasteiger partial charge is 0.479 e. The van der Waals surface area contributed by atoms with Gasteiger partial charge in [-0.1, -0.05) is 30.3 Å². The van der Waals surface area contributed by atoms with Gasteiger partial charge in [-0.15, -0.1) is 0 Å². The smallest absolute Gasteiger partial charge is 0.338 e. The van der Waals surface area contributed by atoms with Crippen molar-refractivity contribution in [2.45, 2.75) is 12.0 Å². The molecule has 13 heavy (non-hydrogen) atoms. The van der Waals surface area contributed by atoms with Gasteiger partial charge in [0.2, 0.25) is 0 Å².